The SMILES string of the molecule is CCCCNC(=O)NC(=O)CN(C)Cc1ccc(C(C)C)cc1. The average Bonchev–Trinajstić information content (AvgIpc) is 2.47. The second-order valence-corrected chi connectivity index (χ2v) is 6.23. The summed E-state index contributed by atoms with van der Waals surface area (Å²) in [6, 6.07) is 7.99. The number of likely N-dealkylation sites (N-methyl/N-ethyl adjacent to an activating group) is 1. The van der Waals surface area contributed by atoms with Gasteiger partial charge in [-0.15, -0.1) is 0 Å². The van der Waals surface area contributed by atoms with E-state index in [0.29, 0.717) is 19.0 Å². The largest absolute Gasteiger partial charge is 0.338 e. The standard InChI is InChI=1S/C18H29N3O2/c1-5-6-11-19-18(23)20-17(22)13-21(4)12-15-7-9-16(10-8-15)14(2)3/h7-10,14H,5-6,11-13H2,1-4H3,(H2,19,20,22,23). The fraction of sp³-hybridized carbons (Fsp3) is 0.556. The number of hydrogen-bond donors (Lipinski definition) is 2. The van der Waals surface area contributed by atoms with Crippen LogP contribution in [0.3, 0.4) is 0 Å². The van der Waals surface area contributed by atoms with Crippen molar-refractivity contribution < 1.29 is 9.59 Å². The van der Waals surface area contributed by atoms with E-state index in [1.54, 1.807) is 0 Å². The van der Waals surface area contributed by atoms with Crippen LogP contribution >= 0.6 is 0 Å². The van der Waals surface area contributed by atoms with Gasteiger partial charge in [0.15, 0.2) is 0 Å². The summed E-state index contributed by atoms with van der Waals surface area (Å²) in [6.45, 7) is 7.82. The Morgan fingerprint density at radius 1 is 1.17 bits per heavy atom. The van der Waals surface area contributed by atoms with E-state index >= 15 is 0 Å². The van der Waals surface area contributed by atoms with Crippen molar-refractivity contribution >= 4 is 11.9 Å². The van der Waals surface area contributed by atoms with Crippen molar-refractivity contribution in [3.05, 3.63) is 35.4 Å². The topological polar surface area (TPSA) is 61.4 Å². The van der Waals surface area contributed by atoms with E-state index in [2.05, 4.69) is 48.7 Å². The maximum atomic E-state index is 11.8. The Labute approximate surface area is 139 Å². The molecule has 0 radical (unpaired) electrons. The van der Waals surface area contributed by atoms with E-state index in [1.165, 1.54) is 5.56 Å². The lowest BCUT2D eigenvalue weighted by atomic mass is 10.0. The maximum absolute atomic E-state index is 11.8. The third kappa shape index (κ3) is 7.79. The fourth-order valence-electron chi connectivity index (χ4n) is 2.21. The molecule has 0 aliphatic heterocycles. The number of amides is 3. The summed E-state index contributed by atoms with van der Waals surface area (Å²) < 4.78 is 0. The lowest BCUT2D eigenvalue weighted by Gasteiger charge is -2.16. The highest BCUT2D eigenvalue weighted by molar-refractivity contribution is 5.95. The molecule has 1 aromatic rings. The lowest BCUT2D eigenvalue weighted by Crippen LogP contribution is -2.43. The Kier molecular flexibility index (Phi) is 8.33. The first-order valence-corrected chi connectivity index (χ1v) is 8.27. The summed E-state index contributed by atoms with van der Waals surface area (Å²) in [4.78, 5) is 25.2. The molecule has 5 heteroatoms. The minimum atomic E-state index is -0.418. The number of imide groups is 1. The van der Waals surface area contributed by atoms with E-state index in [1.807, 2.05) is 18.9 Å². The molecule has 0 bridgehead atoms. The van der Waals surface area contributed by atoms with Gasteiger partial charge in [0.2, 0.25) is 5.91 Å². The van der Waals surface area contributed by atoms with Gasteiger partial charge >= 0.3 is 6.03 Å². The summed E-state index contributed by atoms with van der Waals surface area (Å²) in [6.07, 6.45) is 1.92. The van der Waals surface area contributed by atoms with Crippen LogP contribution in [0.25, 0.3) is 0 Å². The molecule has 0 aliphatic rings. The fourth-order valence-corrected chi connectivity index (χ4v) is 2.21. The summed E-state index contributed by atoms with van der Waals surface area (Å²) in [5.41, 5.74) is 2.45. The number of carbonyl (C=O) groups excluding carboxylic acids is 2. The average molecular weight is 319 g/mol. The first-order chi connectivity index (χ1) is 10.9. The normalized spacial score (nSPS) is 10.9. The minimum Gasteiger partial charge on any atom is -0.338 e. The molecule has 3 amide bonds. The number of nitrogens with zero attached hydrogens (tertiary/aromatic N) is 1. The number of unbranched alkanes of at least 4 members (excludes halogenated alkanes) is 1. The Morgan fingerprint density at radius 3 is 2.39 bits per heavy atom. The van der Waals surface area contributed by atoms with E-state index in [4.69, 9.17) is 0 Å². The Hall–Kier alpha value is -1.88. The molecule has 23 heavy (non-hydrogen) atoms. The number of rotatable bonds is 8. The van der Waals surface area contributed by atoms with Crippen LogP contribution in [0.1, 0.15) is 50.7 Å². The third-order valence-electron chi connectivity index (χ3n) is 3.58. The van der Waals surface area contributed by atoms with Gasteiger partial charge in [-0.1, -0.05) is 51.5 Å². The van der Waals surface area contributed by atoms with Gasteiger partial charge in [0.25, 0.3) is 0 Å². The monoisotopic (exact) mass is 319 g/mol. The van der Waals surface area contributed by atoms with Gasteiger partial charge in [-0.2, -0.15) is 0 Å². The Morgan fingerprint density at radius 2 is 1.83 bits per heavy atom. The second kappa shape index (κ2) is 10.0. The molecule has 1 rings (SSSR count). The van der Waals surface area contributed by atoms with Crippen LogP contribution in [-0.2, 0) is 11.3 Å². The van der Waals surface area contributed by atoms with E-state index < -0.39 is 6.03 Å². The molecule has 0 heterocycles. The predicted octanol–water partition coefficient (Wildman–Crippen LogP) is 2.87. The second-order valence-electron chi connectivity index (χ2n) is 6.23. The van der Waals surface area contributed by atoms with Gasteiger partial charge in [-0.3, -0.25) is 15.0 Å². The summed E-state index contributed by atoms with van der Waals surface area (Å²) in [7, 11) is 1.87. The molecule has 0 atom stereocenters. The number of benzene rings is 1. The highest BCUT2D eigenvalue weighted by Crippen LogP contribution is 2.15. The van der Waals surface area contributed by atoms with Crippen molar-refractivity contribution in [1.29, 1.82) is 0 Å². The minimum absolute atomic E-state index is 0.188. The molecule has 0 saturated carbocycles. The van der Waals surface area contributed by atoms with Crippen molar-refractivity contribution in [3.8, 4) is 0 Å². The van der Waals surface area contributed by atoms with Crippen molar-refractivity contribution in [2.75, 3.05) is 20.1 Å². The number of hydrogen-bond acceptors (Lipinski definition) is 3. The molecule has 128 valence electrons. The molecule has 0 unspecified atom stereocenters. The third-order valence-corrected chi connectivity index (χ3v) is 3.58. The van der Waals surface area contributed by atoms with Crippen molar-refractivity contribution in [3.63, 3.8) is 0 Å². The van der Waals surface area contributed by atoms with Crippen LogP contribution in [0.5, 0.6) is 0 Å². The van der Waals surface area contributed by atoms with Crippen molar-refractivity contribution in [2.45, 2.75) is 46.1 Å². The van der Waals surface area contributed by atoms with E-state index in [9.17, 15) is 9.59 Å². The predicted molar refractivity (Wildman–Crippen MR) is 93.3 cm³/mol. The van der Waals surface area contributed by atoms with Crippen molar-refractivity contribution in [2.24, 2.45) is 0 Å². The molecular weight excluding hydrogens is 290 g/mol. The summed E-state index contributed by atoms with van der Waals surface area (Å²) >= 11 is 0. The zero-order chi connectivity index (χ0) is 17.2. The highest BCUT2D eigenvalue weighted by atomic mass is 16.2. The van der Waals surface area contributed by atoms with Crippen molar-refractivity contribution in [1.82, 2.24) is 15.5 Å². The number of urea groups is 1. The maximum Gasteiger partial charge on any atom is 0.321 e. The van der Waals surface area contributed by atoms with Gasteiger partial charge in [0.1, 0.15) is 0 Å². The molecule has 1 aromatic carbocycles. The van der Waals surface area contributed by atoms with Crippen LogP contribution in [0, 0.1) is 0 Å². The smallest absolute Gasteiger partial charge is 0.321 e. The lowest BCUT2D eigenvalue weighted by molar-refractivity contribution is -0.120. The molecule has 0 aliphatic carbocycles. The molecule has 0 aromatic heterocycles. The molecular formula is C18H29N3O2. The first-order valence-electron chi connectivity index (χ1n) is 8.27. The Balaban J connectivity index is 2.36. The van der Waals surface area contributed by atoms with Gasteiger partial charge in [0, 0.05) is 13.1 Å². The quantitative estimate of drug-likeness (QED) is 0.724. The summed E-state index contributed by atoms with van der Waals surface area (Å²) in [5, 5.41) is 5.01. The van der Waals surface area contributed by atoms with Gasteiger partial charge < -0.3 is 5.32 Å². The van der Waals surface area contributed by atoms with E-state index in [0.717, 1.165) is 18.4 Å². The van der Waals surface area contributed by atoms with Gasteiger partial charge in [0.05, 0.1) is 6.54 Å². The first kappa shape index (κ1) is 19.2. The number of carbonyl (C=O) groups is 2. The molecule has 5 nitrogen and oxygen atoms in total. The number of nitrogens with one attached hydrogen (secondary N) is 2. The molecule has 0 fully saturated rings. The Bertz CT molecular complexity index is 497. The van der Waals surface area contributed by atoms with Gasteiger partial charge in [-0.05, 0) is 30.5 Å². The summed E-state index contributed by atoms with van der Waals surface area (Å²) in [5.74, 6) is 0.221. The van der Waals surface area contributed by atoms with Crippen LogP contribution < -0.4 is 10.6 Å². The zero-order valence-corrected chi connectivity index (χ0v) is 14.7. The highest BCUT2D eigenvalue weighted by Gasteiger charge is 2.10. The van der Waals surface area contributed by atoms with Crippen LogP contribution in [0.2, 0.25) is 0 Å². The van der Waals surface area contributed by atoms with E-state index in [-0.39, 0.29) is 12.5 Å². The van der Waals surface area contributed by atoms with Gasteiger partial charge in [-0.25, -0.2) is 4.79 Å². The van der Waals surface area contributed by atoms with Crippen LogP contribution in [0.15, 0.2) is 24.3 Å². The molecule has 0 saturated heterocycles. The molecule has 0 spiro atoms. The molecule has 2 N–H and O–H groups in total. The van der Waals surface area contributed by atoms with Crippen LogP contribution in [-0.4, -0.2) is 37.0 Å². The van der Waals surface area contributed by atoms with Crippen LogP contribution in [0.4, 0.5) is 4.79 Å². The zero-order valence-electron chi connectivity index (χ0n) is 14.7.